The number of rotatable bonds is 0. The van der Waals surface area contributed by atoms with Gasteiger partial charge in [-0.3, -0.25) is 4.98 Å². The van der Waals surface area contributed by atoms with Gasteiger partial charge in [0.05, 0.1) is 5.52 Å². The van der Waals surface area contributed by atoms with Crippen LogP contribution >= 0.6 is 0 Å². The number of pyridine rings is 1. The molecule has 0 radical (unpaired) electrons. The summed E-state index contributed by atoms with van der Waals surface area (Å²) in [6.45, 7) is 2.15. The highest BCUT2D eigenvalue weighted by atomic mass is 14.6. The van der Waals surface area contributed by atoms with Crippen LogP contribution in [-0.4, -0.2) is 4.98 Å². The van der Waals surface area contributed by atoms with Crippen LogP contribution in [0.5, 0.6) is 0 Å². The first kappa shape index (κ1) is 10.5. The maximum atomic E-state index is 4.62. The smallest absolute Gasteiger partial charge is 0.0717 e. The minimum Gasteiger partial charge on any atom is -0.256 e. The molecule has 4 rings (SSSR count). The summed E-state index contributed by atoms with van der Waals surface area (Å²) in [6.07, 6.45) is 1.96. The summed E-state index contributed by atoms with van der Waals surface area (Å²) < 4.78 is 0. The Kier molecular flexibility index (Phi) is 2.10. The molecule has 0 amide bonds. The lowest BCUT2D eigenvalue weighted by atomic mass is 9.97. The second-order valence-electron chi connectivity index (χ2n) is 4.98. The molecule has 0 aliphatic rings. The summed E-state index contributed by atoms with van der Waals surface area (Å²) in [7, 11) is 0. The standard InChI is InChI=1S/C18H13N/c1-12-10-17-18(16-9-5-4-7-14(12)16)15-8-3-2-6-13(15)11-19-17/h2-11H,1H3. The predicted octanol–water partition coefficient (Wildman–Crippen LogP) is 4.85. The molecule has 0 aliphatic heterocycles. The van der Waals surface area contributed by atoms with E-state index in [0.29, 0.717) is 0 Å². The Bertz CT molecular complexity index is 922. The van der Waals surface area contributed by atoms with Crippen LogP contribution in [0.4, 0.5) is 0 Å². The number of nitrogens with zero attached hydrogens (tertiary/aromatic N) is 1. The third-order valence-corrected chi connectivity index (χ3v) is 3.80. The molecule has 1 heterocycles. The molecule has 0 aliphatic carbocycles. The lowest BCUT2D eigenvalue weighted by molar-refractivity contribution is 1.43. The van der Waals surface area contributed by atoms with E-state index in [-0.39, 0.29) is 0 Å². The first-order valence-corrected chi connectivity index (χ1v) is 6.50. The van der Waals surface area contributed by atoms with E-state index in [2.05, 4.69) is 66.5 Å². The number of aryl methyl sites for hydroxylation is 1. The molecular formula is C18H13N. The molecule has 4 aromatic rings. The van der Waals surface area contributed by atoms with Gasteiger partial charge in [-0.25, -0.2) is 0 Å². The average molecular weight is 243 g/mol. The fraction of sp³-hybridized carbons (Fsp3) is 0.0556. The Balaban J connectivity index is 2.39. The van der Waals surface area contributed by atoms with Crippen molar-refractivity contribution in [3.05, 3.63) is 66.4 Å². The van der Waals surface area contributed by atoms with Crippen molar-refractivity contribution in [2.75, 3.05) is 0 Å². The largest absolute Gasteiger partial charge is 0.256 e. The molecule has 1 aromatic heterocycles. The third-order valence-electron chi connectivity index (χ3n) is 3.80. The van der Waals surface area contributed by atoms with Gasteiger partial charge in [0.15, 0.2) is 0 Å². The molecule has 0 unspecified atom stereocenters. The molecule has 0 atom stereocenters. The van der Waals surface area contributed by atoms with E-state index >= 15 is 0 Å². The highest BCUT2D eigenvalue weighted by molar-refractivity contribution is 6.19. The van der Waals surface area contributed by atoms with Gasteiger partial charge in [0.25, 0.3) is 0 Å². The number of benzene rings is 3. The van der Waals surface area contributed by atoms with Crippen molar-refractivity contribution in [3.8, 4) is 0 Å². The minimum absolute atomic E-state index is 1.08. The van der Waals surface area contributed by atoms with Gasteiger partial charge in [-0.15, -0.1) is 0 Å². The summed E-state index contributed by atoms with van der Waals surface area (Å²) in [6, 6.07) is 19.2. The first-order chi connectivity index (χ1) is 9.34. The molecule has 1 heteroatoms. The molecule has 0 fully saturated rings. The van der Waals surface area contributed by atoms with Gasteiger partial charge in [-0.05, 0) is 34.7 Å². The molecule has 0 bridgehead atoms. The van der Waals surface area contributed by atoms with Crippen molar-refractivity contribution in [1.82, 2.24) is 4.98 Å². The van der Waals surface area contributed by atoms with Crippen molar-refractivity contribution < 1.29 is 0 Å². The number of hydrogen-bond acceptors (Lipinski definition) is 1. The van der Waals surface area contributed by atoms with Gasteiger partial charge in [-0.1, -0.05) is 48.5 Å². The first-order valence-electron chi connectivity index (χ1n) is 6.50. The highest BCUT2D eigenvalue weighted by Crippen LogP contribution is 2.32. The molecule has 0 N–H and O–H groups in total. The van der Waals surface area contributed by atoms with E-state index in [1.807, 2.05) is 6.20 Å². The van der Waals surface area contributed by atoms with E-state index < -0.39 is 0 Å². The molecule has 0 spiro atoms. The van der Waals surface area contributed by atoms with Crippen LogP contribution in [0.15, 0.2) is 60.8 Å². The zero-order valence-corrected chi connectivity index (χ0v) is 10.7. The van der Waals surface area contributed by atoms with Crippen LogP contribution in [0.25, 0.3) is 32.4 Å². The number of aromatic nitrogens is 1. The minimum atomic E-state index is 1.08. The lowest BCUT2D eigenvalue weighted by Gasteiger charge is -2.09. The maximum absolute atomic E-state index is 4.62. The Morgan fingerprint density at radius 3 is 2.32 bits per heavy atom. The van der Waals surface area contributed by atoms with E-state index in [0.717, 1.165) is 5.52 Å². The molecule has 19 heavy (non-hydrogen) atoms. The van der Waals surface area contributed by atoms with E-state index in [4.69, 9.17) is 0 Å². The monoisotopic (exact) mass is 243 g/mol. The fourth-order valence-corrected chi connectivity index (χ4v) is 2.90. The Labute approximate surface area is 111 Å². The van der Waals surface area contributed by atoms with Gasteiger partial charge in [0, 0.05) is 17.0 Å². The molecule has 3 aromatic carbocycles. The molecule has 0 saturated carbocycles. The summed E-state index contributed by atoms with van der Waals surface area (Å²) in [4.78, 5) is 4.62. The maximum Gasteiger partial charge on any atom is 0.0717 e. The molecular weight excluding hydrogens is 230 g/mol. The topological polar surface area (TPSA) is 12.9 Å². The normalized spacial score (nSPS) is 11.4. The summed E-state index contributed by atoms with van der Waals surface area (Å²) >= 11 is 0. The van der Waals surface area contributed by atoms with Crippen LogP contribution in [-0.2, 0) is 0 Å². The van der Waals surface area contributed by atoms with Crippen LogP contribution in [0.1, 0.15) is 5.56 Å². The van der Waals surface area contributed by atoms with Gasteiger partial charge < -0.3 is 0 Å². The Morgan fingerprint density at radius 1 is 0.789 bits per heavy atom. The van der Waals surface area contributed by atoms with Crippen LogP contribution in [0.2, 0.25) is 0 Å². The molecule has 1 nitrogen and oxygen atoms in total. The second-order valence-corrected chi connectivity index (χ2v) is 4.98. The van der Waals surface area contributed by atoms with Crippen LogP contribution in [0.3, 0.4) is 0 Å². The van der Waals surface area contributed by atoms with E-state index in [1.165, 1.54) is 32.5 Å². The van der Waals surface area contributed by atoms with Gasteiger partial charge in [0.1, 0.15) is 0 Å². The Hall–Kier alpha value is -2.41. The van der Waals surface area contributed by atoms with Gasteiger partial charge >= 0.3 is 0 Å². The molecule has 0 saturated heterocycles. The van der Waals surface area contributed by atoms with Gasteiger partial charge in [0.2, 0.25) is 0 Å². The predicted molar refractivity (Wildman–Crippen MR) is 81.5 cm³/mol. The van der Waals surface area contributed by atoms with Crippen LogP contribution in [0, 0.1) is 6.92 Å². The number of fused-ring (bicyclic) bond motifs is 5. The zero-order chi connectivity index (χ0) is 12.8. The average Bonchev–Trinajstić information content (AvgIpc) is 2.47. The number of hydrogen-bond donors (Lipinski definition) is 0. The quantitative estimate of drug-likeness (QED) is 0.402. The van der Waals surface area contributed by atoms with Crippen molar-refractivity contribution >= 4 is 32.4 Å². The van der Waals surface area contributed by atoms with Gasteiger partial charge in [-0.2, -0.15) is 0 Å². The van der Waals surface area contributed by atoms with Crippen LogP contribution < -0.4 is 0 Å². The van der Waals surface area contributed by atoms with Crippen molar-refractivity contribution in [2.45, 2.75) is 6.92 Å². The van der Waals surface area contributed by atoms with Crippen molar-refractivity contribution in [1.29, 1.82) is 0 Å². The van der Waals surface area contributed by atoms with Crippen molar-refractivity contribution in [3.63, 3.8) is 0 Å². The fourth-order valence-electron chi connectivity index (χ4n) is 2.90. The summed E-state index contributed by atoms with van der Waals surface area (Å²) in [5.74, 6) is 0. The highest BCUT2D eigenvalue weighted by Gasteiger charge is 2.07. The zero-order valence-electron chi connectivity index (χ0n) is 10.7. The lowest BCUT2D eigenvalue weighted by Crippen LogP contribution is -1.86. The van der Waals surface area contributed by atoms with E-state index in [1.54, 1.807) is 0 Å². The second kappa shape index (κ2) is 3.79. The molecule has 90 valence electrons. The summed E-state index contributed by atoms with van der Waals surface area (Å²) in [5, 5.41) is 6.35. The Morgan fingerprint density at radius 2 is 1.47 bits per heavy atom. The summed E-state index contributed by atoms with van der Waals surface area (Å²) in [5.41, 5.74) is 2.36. The third kappa shape index (κ3) is 1.45. The van der Waals surface area contributed by atoms with E-state index in [9.17, 15) is 0 Å². The van der Waals surface area contributed by atoms with Crippen molar-refractivity contribution in [2.24, 2.45) is 0 Å². The SMILES string of the molecule is Cc1cc2ncc3ccccc3c2c2ccccc12.